The zero-order chi connectivity index (χ0) is 16.4. The summed E-state index contributed by atoms with van der Waals surface area (Å²) >= 11 is 5.91. The Labute approximate surface area is 134 Å². The molecular formula is C16H10ClF3N2O. The molecule has 0 atom stereocenters. The molecule has 3 aromatic rings. The molecule has 0 unspecified atom stereocenters. The summed E-state index contributed by atoms with van der Waals surface area (Å²) in [6.07, 6.45) is -2.93. The zero-order valence-corrected chi connectivity index (χ0v) is 12.3. The van der Waals surface area contributed by atoms with Crippen LogP contribution in [-0.2, 0) is 6.18 Å². The topological polar surface area (TPSA) is 38.1 Å². The molecule has 23 heavy (non-hydrogen) atoms. The predicted octanol–water partition coefficient (Wildman–Crippen LogP) is 5.76. The van der Waals surface area contributed by atoms with Crippen molar-refractivity contribution in [3.63, 3.8) is 0 Å². The summed E-state index contributed by atoms with van der Waals surface area (Å²) in [5.41, 5.74) is 0.213. The van der Waals surface area contributed by atoms with Crippen molar-refractivity contribution in [2.75, 3.05) is 5.32 Å². The fraction of sp³-hybridized carbons (Fsp3) is 0.0625. The lowest BCUT2D eigenvalue weighted by atomic mass is 10.2. The number of halogens is 4. The van der Waals surface area contributed by atoms with Gasteiger partial charge in [0.1, 0.15) is 0 Å². The molecule has 2 aromatic carbocycles. The van der Waals surface area contributed by atoms with Gasteiger partial charge in [-0.25, -0.2) is 4.98 Å². The minimum absolute atomic E-state index is 0.0966. The number of benzene rings is 2. The van der Waals surface area contributed by atoms with Gasteiger partial charge in [0.15, 0.2) is 5.76 Å². The molecule has 0 saturated heterocycles. The summed E-state index contributed by atoms with van der Waals surface area (Å²) in [6, 6.07) is 11.9. The van der Waals surface area contributed by atoms with Crippen molar-refractivity contribution < 1.29 is 17.6 Å². The summed E-state index contributed by atoms with van der Waals surface area (Å²) in [7, 11) is 0. The maximum atomic E-state index is 12.7. The first-order chi connectivity index (χ1) is 10.9. The molecule has 0 fully saturated rings. The van der Waals surface area contributed by atoms with Crippen molar-refractivity contribution in [3.8, 4) is 11.3 Å². The Bertz CT molecular complexity index is 830. The second-order valence-electron chi connectivity index (χ2n) is 4.74. The van der Waals surface area contributed by atoms with Crippen molar-refractivity contribution in [1.29, 1.82) is 0 Å². The minimum Gasteiger partial charge on any atom is -0.423 e. The molecule has 118 valence electrons. The summed E-state index contributed by atoms with van der Waals surface area (Å²) in [4.78, 5) is 4.01. The van der Waals surface area contributed by atoms with Crippen LogP contribution in [0.5, 0.6) is 0 Å². The third kappa shape index (κ3) is 3.65. The van der Waals surface area contributed by atoms with Gasteiger partial charge in [-0.05, 0) is 30.3 Å². The van der Waals surface area contributed by atoms with Crippen LogP contribution in [0.15, 0.2) is 59.1 Å². The summed E-state index contributed by atoms with van der Waals surface area (Å²) < 4.78 is 43.6. The van der Waals surface area contributed by atoms with Crippen molar-refractivity contribution in [2.24, 2.45) is 0 Å². The highest BCUT2D eigenvalue weighted by Gasteiger charge is 2.30. The first-order valence-electron chi connectivity index (χ1n) is 6.58. The lowest BCUT2D eigenvalue weighted by molar-refractivity contribution is -0.137. The summed E-state index contributed by atoms with van der Waals surface area (Å²) in [6.45, 7) is 0. The number of hydrogen-bond acceptors (Lipinski definition) is 3. The molecular weight excluding hydrogens is 329 g/mol. The smallest absolute Gasteiger partial charge is 0.416 e. The second-order valence-corrected chi connectivity index (χ2v) is 5.18. The van der Waals surface area contributed by atoms with Crippen LogP contribution in [0.1, 0.15) is 5.56 Å². The van der Waals surface area contributed by atoms with Gasteiger partial charge < -0.3 is 9.73 Å². The molecule has 0 aliphatic carbocycles. The van der Waals surface area contributed by atoms with Gasteiger partial charge in [-0.15, -0.1) is 0 Å². The first-order valence-corrected chi connectivity index (χ1v) is 6.96. The Morgan fingerprint density at radius 2 is 1.83 bits per heavy atom. The van der Waals surface area contributed by atoms with Gasteiger partial charge in [0.25, 0.3) is 6.01 Å². The fourth-order valence-electron chi connectivity index (χ4n) is 2.00. The van der Waals surface area contributed by atoms with E-state index in [0.29, 0.717) is 10.8 Å². The molecule has 3 nitrogen and oxygen atoms in total. The van der Waals surface area contributed by atoms with Crippen LogP contribution in [0.4, 0.5) is 24.9 Å². The van der Waals surface area contributed by atoms with Crippen LogP contribution in [0.2, 0.25) is 5.02 Å². The number of anilines is 2. The third-order valence-corrected chi connectivity index (χ3v) is 3.29. The lowest BCUT2D eigenvalue weighted by Gasteiger charge is -2.08. The average Bonchev–Trinajstić information content (AvgIpc) is 2.95. The molecule has 0 radical (unpaired) electrons. The van der Waals surface area contributed by atoms with E-state index in [-0.39, 0.29) is 11.7 Å². The number of alkyl halides is 3. The van der Waals surface area contributed by atoms with E-state index >= 15 is 0 Å². The standard InChI is InChI=1S/C16H10ClF3N2O/c17-12-5-1-3-10(7-12)14-9-21-15(23-14)22-13-6-2-4-11(8-13)16(18,19)20/h1-9H,(H,21,22). The SMILES string of the molecule is FC(F)(F)c1cccc(Nc2ncc(-c3cccc(Cl)c3)o2)c1. The van der Waals surface area contributed by atoms with Gasteiger partial charge in [0.05, 0.1) is 11.8 Å². The highest BCUT2D eigenvalue weighted by atomic mass is 35.5. The van der Waals surface area contributed by atoms with E-state index in [2.05, 4.69) is 10.3 Å². The molecule has 0 spiro atoms. The molecule has 0 bridgehead atoms. The third-order valence-electron chi connectivity index (χ3n) is 3.06. The Balaban J connectivity index is 1.82. The van der Waals surface area contributed by atoms with Crippen LogP contribution in [0.3, 0.4) is 0 Å². The molecule has 3 rings (SSSR count). The first kappa shape index (κ1) is 15.4. The van der Waals surface area contributed by atoms with Crippen molar-refractivity contribution in [3.05, 3.63) is 65.3 Å². The Kier molecular flexibility index (Phi) is 4.00. The van der Waals surface area contributed by atoms with Crippen LogP contribution in [-0.4, -0.2) is 4.98 Å². The van der Waals surface area contributed by atoms with E-state index in [0.717, 1.165) is 17.7 Å². The number of nitrogens with one attached hydrogen (secondary N) is 1. The van der Waals surface area contributed by atoms with Gasteiger partial charge in [-0.3, -0.25) is 0 Å². The van der Waals surface area contributed by atoms with E-state index < -0.39 is 11.7 Å². The lowest BCUT2D eigenvalue weighted by Crippen LogP contribution is -2.05. The van der Waals surface area contributed by atoms with Gasteiger partial charge in [-0.1, -0.05) is 29.8 Å². The summed E-state index contributed by atoms with van der Waals surface area (Å²) in [5, 5.41) is 3.26. The Morgan fingerprint density at radius 3 is 2.57 bits per heavy atom. The summed E-state index contributed by atoms with van der Waals surface area (Å²) in [5.74, 6) is 0.460. The maximum Gasteiger partial charge on any atom is 0.416 e. The molecule has 0 aliphatic rings. The molecule has 1 N–H and O–H groups in total. The van der Waals surface area contributed by atoms with Crippen LogP contribution >= 0.6 is 11.6 Å². The molecule has 1 heterocycles. The van der Waals surface area contributed by atoms with Gasteiger partial charge >= 0.3 is 6.18 Å². The van der Waals surface area contributed by atoms with Crippen molar-refractivity contribution >= 4 is 23.3 Å². The monoisotopic (exact) mass is 338 g/mol. The molecule has 7 heteroatoms. The molecule has 0 aliphatic heterocycles. The molecule has 0 saturated carbocycles. The number of rotatable bonds is 3. The molecule has 1 aromatic heterocycles. The highest BCUT2D eigenvalue weighted by Crippen LogP contribution is 2.32. The van der Waals surface area contributed by atoms with Gasteiger partial charge in [-0.2, -0.15) is 13.2 Å². The zero-order valence-electron chi connectivity index (χ0n) is 11.6. The van der Waals surface area contributed by atoms with Crippen LogP contribution in [0.25, 0.3) is 11.3 Å². The Morgan fingerprint density at radius 1 is 1.04 bits per heavy atom. The van der Waals surface area contributed by atoms with E-state index in [1.165, 1.54) is 18.3 Å². The largest absolute Gasteiger partial charge is 0.423 e. The predicted molar refractivity (Wildman–Crippen MR) is 81.7 cm³/mol. The average molecular weight is 339 g/mol. The fourth-order valence-corrected chi connectivity index (χ4v) is 2.19. The van der Waals surface area contributed by atoms with Gasteiger partial charge in [0.2, 0.25) is 0 Å². The normalized spacial score (nSPS) is 11.5. The Hall–Kier alpha value is -2.47. The van der Waals surface area contributed by atoms with E-state index in [9.17, 15) is 13.2 Å². The van der Waals surface area contributed by atoms with E-state index in [1.54, 1.807) is 24.3 Å². The van der Waals surface area contributed by atoms with Crippen molar-refractivity contribution in [1.82, 2.24) is 4.98 Å². The van der Waals surface area contributed by atoms with Gasteiger partial charge in [0, 0.05) is 16.3 Å². The number of hydrogen-bond donors (Lipinski definition) is 1. The van der Waals surface area contributed by atoms with E-state index in [4.69, 9.17) is 16.0 Å². The van der Waals surface area contributed by atoms with E-state index in [1.807, 2.05) is 0 Å². The maximum absolute atomic E-state index is 12.7. The number of oxazole rings is 1. The molecule has 0 amide bonds. The second kappa shape index (κ2) is 5.96. The number of nitrogens with zero attached hydrogens (tertiary/aromatic N) is 1. The minimum atomic E-state index is -4.40. The quantitative estimate of drug-likeness (QED) is 0.660. The highest BCUT2D eigenvalue weighted by molar-refractivity contribution is 6.30. The van der Waals surface area contributed by atoms with Crippen LogP contribution in [0, 0.1) is 0 Å². The van der Waals surface area contributed by atoms with Crippen molar-refractivity contribution in [2.45, 2.75) is 6.18 Å². The van der Waals surface area contributed by atoms with Crippen LogP contribution < -0.4 is 5.32 Å². The number of aromatic nitrogens is 1.